The highest BCUT2D eigenvalue weighted by molar-refractivity contribution is 7.99. The number of fused-ring (bicyclic) bond motifs is 3. The van der Waals surface area contributed by atoms with Crippen LogP contribution in [0.5, 0.6) is 5.75 Å². The predicted molar refractivity (Wildman–Crippen MR) is 111 cm³/mol. The van der Waals surface area contributed by atoms with E-state index in [-0.39, 0.29) is 11.7 Å². The van der Waals surface area contributed by atoms with Gasteiger partial charge >= 0.3 is 0 Å². The summed E-state index contributed by atoms with van der Waals surface area (Å²) in [6, 6.07) is 11.2. The van der Waals surface area contributed by atoms with Crippen LogP contribution in [0.25, 0.3) is 22.1 Å². The third-order valence-electron chi connectivity index (χ3n) is 4.12. The average molecular weight is 414 g/mol. The number of thioether (sulfide) groups is 1. The van der Waals surface area contributed by atoms with Crippen molar-refractivity contribution in [2.75, 3.05) is 18.2 Å². The number of carbonyl (C=O) groups excluding carboxylic acids is 1. The van der Waals surface area contributed by atoms with Gasteiger partial charge < -0.3 is 15.0 Å². The smallest absolute Gasteiger partial charge is 0.234 e. The van der Waals surface area contributed by atoms with Gasteiger partial charge in [0.05, 0.1) is 28.8 Å². The van der Waals surface area contributed by atoms with Gasteiger partial charge in [0.15, 0.2) is 5.65 Å². The molecule has 2 aromatic carbocycles. The van der Waals surface area contributed by atoms with Crippen molar-refractivity contribution in [3.8, 4) is 5.75 Å². The number of anilines is 1. The molecular formula is C19H16ClN5O2S. The van der Waals surface area contributed by atoms with Crippen molar-refractivity contribution in [2.24, 2.45) is 0 Å². The van der Waals surface area contributed by atoms with Gasteiger partial charge in [0.25, 0.3) is 0 Å². The summed E-state index contributed by atoms with van der Waals surface area (Å²) in [5.74, 6) is 0.678. The Hall–Kier alpha value is -2.84. The maximum absolute atomic E-state index is 12.2. The van der Waals surface area contributed by atoms with Crippen LogP contribution >= 0.6 is 23.4 Å². The van der Waals surface area contributed by atoms with E-state index in [1.165, 1.54) is 11.8 Å². The number of H-pyrrole nitrogens is 1. The van der Waals surface area contributed by atoms with Crippen LogP contribution in [-0.4, -0.2) is 38.9 Å². The molecule has 0 aliphatic heterocycles. The van der Waals surface area contributed by atoms with Crippen molar-refractivity contribution in [2.45, 2.75) is 12.1 Å². The molecule has 0 spiro atoms. The fourth-order valence-corrected chi connectivity index (χ4v) is 3.71. The molecule has 2 aromatic heterocycles. The van der Waals surface area contributed by atoms with Crippen LogP contribution in [0.2, 0.25) is 5.02 Å². The number of nitrogens with zero attached hydrogens (tertiary/aromatic N) is 3. The first-order valence-corrected chi connectivity index (χ1v) is 9.79. The molecule has 0 saturated heterocycles. The number of ether oxygens (including phenoxy) is 1. The van der Waals surface area contributed by atoms with Gasteiger partial charge in [0.1, 0.15) is 11.3 Å². The van der Waals surface area contributed by atoms with Crippen molar-refractivity contribution < 1.29 is 9.53 Å². The largest absolute Gasteiger partial charge is 0.495 e. The van der Waals surface area contributed by atoms with Gasteiger partial charge in [-0.1, -0.05) is 35.5 Å². The fourth-order valence-electron chi connectivity index (χ4n) is 2.88. The Labute approximate surface area is 169 Å². The van der Waals surface area contributed by atoms with Crippen LogP contribution in [0.3, 0.4) is 0 Å². The van der Waals surface area contributed by atoms with Crippen LogP contribution < -0.4 is 10.1 Å². The molecule has 0 fully saturated rings. The lowest BCUT2D eigenvalue weighted by Crippen LogP contribution is -2.14. The summed E-state index contributed by atoms with van der Waals surface area (Å²) >= 11 is 7.52. The van der Waals surface area contributed by atoms with Gasteiger partial charge in [-0.3, -0.25) is 4.79 Å². The molecular weight excluding hydrogens is 398 g/mol. The van der Waals surface area contributed by atoms with Crippen LogP contribution in [0, 0.1) is 6.92 Å². The zero-order valence-electron chi connectivity index (χ0n) is 15.1. The normalized spacial score (nSPS) is 11.1. The topological polar surface area (TPSA) is 92.8 Å². The van der Waals surface area contributed by atoms with E-state index in [2.05, 4.69) is 25.5 Å². The summed E-state index contributed by atoms with van der Waals surface area (Å²) in [6.45, 7) is 1.97. The molecule has 142 valence electrons. The van der Waals surface area contributed by atoms with Gasteiger partial charge in [0, 0.05) is 5.69 Å². The van der Waals surface area contributed by atoms with Gasteiger partial charge in [0.2, 0.25) is 11.1 Å². The van der Waals surface area contributed by atoms with Crippen LogP contribution in [0.15, 0.2) is 41.6 Å². The van der Waals surface area contributed by atoms with Gasteiger partial charge in [-0.2, -0.15) is 0 Å². The lowest BCUT2D eigenvalue weighted by Gasteiger charge is -2.05. The Morgan fingerprint density at radius 1 is 1.29 bits per heavy atom. The van der Waals surface area contributed by atoms with Gasteiger partial charge in [-0.05, 0) is 36.8 Å². The van der Waals surface area contributed by atoms with E-state index < -0.39 is 0 Å². The van der Waals surface area contributed by atoms with Crippen molar-refractivity contribution in [3.63, 3.8) is 0 Å². The number of benzene rings is 2. The maximum Gasteiger partial charge on any atom is 0.234 e. The highest BCUT2D eigenvalue weighted by Crippen LogP contribution is 2.35. The molecule has 0 bridgehead atoms. The van der Waals surface area contributed by atoms with Crippen LogP contribution in [0.4, 0.5) is 5.69 Å². The Balaban J connectivity index is 1.54. The number of carbonyl (C=O) groups is 1. The summed E-state index contributed by atoms with van der Waals surface area (Å²) in [5, 5.41) is 12.9. The molecule has 0 unspecified atom stereocenters. The lowest BCUT2D eigenvalue weighted by molar-refractivity contribution is -0.113. The van der Waals surface area contributed by atoms with Crippen molar-refractivity contribution in [1.29, 1.82) is 0 Å². The fraction of sp³-hybridized carbons (Fsp3) is 0.158. The summed E-state index contributed by atoms with van der Waals surface area (Å²) in [5.41, 5.74) is 3.66. The van der Waals surface area contributed by atoms with Gasteiger partial charge in [-0.25, -0.2) is 4.98 Å². The van der Waals surface area contributed by atoms with Crippen molar-refractivity contribution in [1.82, 2.24) is 20.2 Å². The van der Waals surface area contributed by atoms with E-state index in [9.17, 15) is 4.79 Å². The molecule has 0 atom stereocenters. The number of nitrogens with one attached hydrogen (secondary N) is 2. The minimum absolute atomic E-state index is 0.138. The highest BCUT2D eigenvalue weighted by atomic mass is 35.5. The monoisotopic (exact) mass is 413 g/mol. The number of aryl methyl sites for hydroxylation is 1. The van der Waals surface area contributed by atoms with E-state index in [1.54, 1.807) is 19.2 Å². The number of hydrogen-bond donors (Lipinski definition) is 2. The first-order chi connectivity index (χ1) is 13.5. The standard InChI is InChI=1S/C19H16ClN5O2S/c1-10-4-3-5-11(8-10)21-14(26)9-28-19-23-18-17(24-25-19)15-12(20)6-7-13(27-2)16(15)22-18/h3-8H,9H2,1-2H3,(H,21,26)(H,22,23,25). The molecule has 2 N–H and O–H groups in total. The Morgan fingerprint density at radius 2 is 2.14 bits per heavy atom. The lowest BCUT2D eigenvalue weighted by atomic mass is 10.2. The second kappa shape index (κ2) is 7.65. The average Bonchev–Trinajstić information content (AvgIpc) is 3.06. The van der Waals surface area contributed by atoms with Crippen LogP contribution in [-0.2, 0) is 4.79 Å². The summed E-state index contributed by atoms with van der Waals surface area (Å²) in [4.78, 5) is 19.8. The Morgan fingerprint density at radius 3 is 2.93 bits per heavy atom. The summed E-state index contributed by atoms with van der Waals surface area (Å²) in [7, 11) is 1.58. The second-order valence-electron chi connectivity index (χ2n) is 6.12. The quantitative estimate of drug-likeness (QED) is 0.476. The molecule has 7 nitrogen and oxygen atoms in total. The number of methoxy groups -OCH3 is 1. The van der Waals surface area contributed by atoms with E-state index in [4.69, 9.17) is 16.3 Å². The first-order valence-electron chi connectivity index (χ1n) is 8.43. The molecule has 9 heteroatoms. The molecule has 28 heavy (non-hydrogen) atoms. The molecule has 1 amide bonds. The summed E-state index contributed by atoms with van der Waals surface area (Å²) < 4.78 is 5.36. The van der Waals surface area contributed by atoms with Gasteiger partial charge in [-0.15, -0.1) is 10.2 Å². The maximum atomic E-state index is 12.2. The van der Waals surface area contributed by atoms with Crippen molar-refractivity contribution >= 4 is 57.0 Å². The molecule has 0 aliphatic carbocycles. The summed E-state index contributed by atoms with van der Waals surface area (Å²) in [6.07, 6.45) is 0. The number of halogens is 1. The molecule has 0 aliphatic rings. The molecule has 0 saturated carbocycles. The Kier molecular flexibility index (Phi) is 5.06. The number of aromatic amines is 1. The predicted octanol–water partition coefficient (Wildman–Crippen LogP) is 4.21. The third kappa shape index (κ3) is 3.61. The minimum Gasteiger partial charge on any atom is -0.495 e. The highest BCUT2D eigenvalue weighted by Gasteiger charge is 2.16. The van der Waals surface area contributed by atoms with E-state index in [0.717, 1.165) is 11.3 Å². The number of amides is 1. The van der Waals surface area contributed by atoms with E-state index in [0.29, 0.717) is 38.0 Å². The zero-order chi connectivity index (χ0) is 19.7. The third-order valence-corrected chi connectivity index (χ3v) is 5.27. The van der Waals surface area contributed by atoms with E-state index in [1.807, 2.05) is 31.2 Å². The molecule has 2 heterocycles. The number of hydrogen-bond acceptors (Lipinski definition) is 6. The van der Waals surface area contributed by atoms with Crippen LogP contribution in [0.1, 0.15) is 5.56 Å². The molecule has 4 rings (SSSR count). The molecule has 0 radical (unpaired) electrons. The number of rotatable bonds is 5. The van der Waals surface area contributed by atoms with Crippen molar-refractivity contribution in [3.05, 3.63) is 47.0 Å². The second-order valence-corrected chi connectivity index (χ2v) is 7.47. The zero-order valence-corrected chi connectivity index (χ0v) is 16.7. The minimum atomic E-state index is -0.138. The number of aromatic nitrogens is 4. The van der Waals surface area contributed by atoms with E-state index >= 15 is 0 Å². The SMILES string of the molecule is COc1ccc(Cl)c2c1[nH]c1nc(SCC(=O)Nc3cccc(C)c3)nnc12. The molecule has 4 aromatic rings. The Bertz CT molecular complexity index is 1190. The first kappa shape index (κ1) is 18.5.